The molecule has 0 bridgehead atoms. The number of ether oxygens (including phenoxy) is 1. The molecule has 1 aliphatic heterocycles. The van der Waals surface area contributed by atoms with Gasteiger partial charge in [0.1, 0.15) is 0 Å². The number of nitrogens with zero attached hydrogens (tertiary/aromatic N) is 4. The Kier molecular flexibility index (Phi) is 8.42. The molecule has 136 valence electrons. The highest BCUT2D eigenvalue weighted by Gasteiger charge is 2.18. The van der Waals surface area contributed by atoms with Crippen LogP contribution in [0.2, 0.25) is 0 Å². The molecule has 2 rings (SSSR count). The Morgan fingerprint density at radius 1 is 1.08 bits per heavy atom. The molecule has 6 nitrogen and oxygen atoms in total. The molecule has 1 saturated heterocycles. The number of piperazine rings is 1. The zero-order chi connectivity index (χ0) is 17.2. The summed E-state index contributed by atoms with van der Waals surface area (Å²) in [6, 6.07) is 0.564. The lowest BCUT2D eigenvalue weighted by molar-refractivity contribution is 0.117. The minimum absolute atomic E-state index is 0.564. The first-order chi connectivity index (χ1) is 11.6. The van der Waals surface area contributed by atoms with Gasteiger partial charge in [-0.2, -0.15) is 0 Å². The van der Waals surface area contributed by atoms with Gasteiger partial charge in [-0.1, -0.05) is 13.8 Å². The number of hydrogen-bond donors (Lipinski definition) is 1. The smallest absolute Gasteiger partial charge is 0.225 e. The van der Waals surface area contributed by atoms with Gasteiger partial charge in [0, 0.05) is 64.4 Å². The second kappa shape index (κ2) is 10.6. The first kappa shape index (κ1) is 19.1. The Labute approximate surface area is 146 Å². The Balaban J connectivity index is 1.50. The standard InChI is InChI=1S/C18H33N5O/c1-16(2)19-6-4-12-24-13-5-7-22-8-10-23(11-9-22)18-20-14-17(3)15-21-18/h14-16,19H,4-13H2,1-3H3. The van der Waals surface area contributed by atoms with Gasteiger partial charge in [-0.25, -0.2) is 9.97 Å². The number of aryl methyl sites for hydroxylation is 1. The van der Waals surface area contributed by atoms with E-state index in [1.165, 1.54) is 0 Å². The lowest BCUT2D eigenvalue weighted by Crippen LogP contribution is -2.47. The highest BCUT2D eigenvalue weighted by Crippen LogP contribution is 2.10. The molecule has 0 unspecified atom stereocenters. The van der Waals surface area contributed by atoms with Crippen LogP contribution < -0.4 is 10.2 Å². The van der Waals surface area contributed by atoms with E-state index < -0.39 is 0 Å². The predicted octanol–water partition coefficient (Wildman–Crippen LogP) is 1.70. The van der Waals surface area contributed by atoms with Crippen LogP contribution in [0.3, 0.4) is 0 Å². The molecule has 6 heteroatoms. The SMILES string of the molecule is Cc1cnc(N2CCN(CCCOCCCNC(C)C)CC2)nc1. The molecule has 0 amide bonds. The van der Waals surface area contributed by atoms with E-state index in [0.29, 0.717) is 6.04 Å². The van der Waals surface area contributed by atoms with Crippen molar-refractivity contribution in [3.63, 3.8) is 0 Å². The summed E-state index contributed by atoms with van der Waals surface area (Å²) in [5, 5.41) is 3.41. The van der Waals surface area contributed by atoms with Crippen LogP contribution in [0.15, 0.2) is 12.4 Å². The third kappa shape index (κ3) is 7.11. The highest BCUT2D eigenvalue weighted by molar-refractivity contribution is 5.30. The minimum Gasteiger partial charge on any atom is -0.381 e. The molecule has 1 N–H and O–H groups in total. The van der Waals surface area contributed by atoms with Gasteiger partial charge in [0.05, 0.1) is 0 Å². The molecule has 1 aromatic rings. The Hall–Kier alpha value is -1.24. The van der Waals surface area contributed by atoms with E-state index in [9.17, 15) is 0 Å². The summed E-state index contributed by atoms with van der Waals surface area (Å²) < 4.78 is 5.71. The summed E-state index contributed by atoms with van der Waals surface area (Å²) in [4.78, 5) is 13.6. The molecule has 1 aromatic heterocycles. The van der Waals surface area contributed by atoms with Crippen LogP contribution in [0.1, 0.15) is 32.3 Å². The fraction of sp³-hybridized carbons (Fsp3) is 0.778. The van der Waals surface area contributed by atoms with Gasteiger partial charge >= 0.3 is 0 Å². The number of rotatable bonds is 10. The second-order valence-electron chi connectivity index (χ2n) is 6.82. The maximum Gasteiger partial charge on any atom is 0.225 e. The van der Waals surface area contributed by atoms with E-state index in [-0.39, 0.29) is 0 Å². The van der Waals surface area contributed by atoms with Gasteiger partial charge in [-0.05, 0) is 31.9 Å². The van der Waals surface area contributed by atoms with Gasteiger partial charge in [0.2, 0.25) is 5.95 Å². The zero-order valence-corrected chi connectivity index (χ0v) is 15.5. The average molecular weight is 335 g/mol. The van der Waals surface area contributed by atoms with Crippen LogP contribution in [0, 0.1) is 6.92 Å². The third-order valence-corrected chi connectivity index (χ3v) is 4.20. The maximum atomic E-state index is 5.71. The average Bonchev–Trinajstić information content (AvgIpc) is 2.58. The van der Waals surface area contributed by atoms with Crippen molar-refractivity contribution in [2.45, 2.75) is 39.7 Å². The fourth-order valence-corrected chi connectivity index (χ4v) is 2.78. The lowest BCUT2D eigenvalue weighted by Gasteiger charge is -2.34. The van der Waals surface area contributed by atoms with Crippen molar-refractivity contribution >= 4 is 5.95 Å². The van der Waals surface area contributed by atoms with Gasteiger partial charge < -0.3 is 15.0 Å². The van der Waals surface area contributed by atoms with Crippen LogP contribution in [0.5, 0.6) is 0 Å². The summed E-state index contributed by atoms with van der Waals surface area (Å²) in [6.07, 6.45) is 5.98. The van der Waals surface area contributed by atoms with Crippen LogP contribution in [0.25, 0.3) is 0 Å². The Morgan fingerprint density at radius 3 is 2.42 bits per heavy atom. The molecule has 1 fully saturated rings. The lowest BCUT2D eigenvalue weighted by atomic mass is 10.3. The van der Waals surface area contributed by atoms with Crippen LogP contribution in [-0.2, 0) is 4.74 Å². The van der Waals surface area contributed by atoms with Crippen molar-refractivity contribution < 1.29 is 4.74 Å². The molecule has 1 aliphatic rings. The molecule has 2 heterocycles. The predicted molar refractivity (Wildman–Crippen MR) is 98.6 cm³/mol. The van der Waals surface area contributed by atoms with Crippen LogP contribution >= 0.6 is 0 Å². The van der Waals surface area contributed by atoms with E-state index in [0.717, 1.165) is 76.8 Å². The van der Waals surface area contributed by atoms with E-state index in [2.05, 4.69) is 38.9 Å². The van der Waals surface area contributed by atoms with Crippen molar-refractivity contribution in [3.8, 4) is 0 Å². The molecule has 0 aromatic carbocycles. The van der Waals surface area contributed by atoms with Gasteiger partial charge in [-0.3, -0.25) is 4.90 Å². The Bertz CT molecular complexity index is 443. The third-order valence-electron chi connectivity index (χ3n) is 4.20. The van der Waals surface area contributed by atoms with Crippen molar-refractivity contribution in [1.82, 2.24) is 20.2 Å². The van der Waals surface area contributed by atoms with Crippen molar-refractivity contribution in [2.24, 2.45) is 0 Å². The van der Waals surface area contributed by atoms with Gasteiger partial charge in [0.15, 0.2) is 0 Å². The minimum atomic E-state index is 0.564. The maximum absolute atomic E-state index is 5.71. The first-order valence-corrected chi connectivity index (χ1v) is 9.22. The summed E-state index contributed by atoms with van der Waals surface area (Å²) in [5.41, 5.74) is 1.11. The van der Waals surface area contributed by atoms with Crippen molar-refractivity contribution in [3.05, 3.63) is 18.0 Å². The molecular weight excluding hydrogens is 302 g/mol. The van der Waals surface area contributed by atoms with E-state index >= 15 is 0 Å². The molecule has 0 atom stereocenters. The van der Waals surface area contributed by atoms with E-state index in [1.807, 2.05) is 19.3 Å². The van der Waals surface area contributed by atoms with Crippen LogP contribution in [0.4, 0.5) is 5.95 Å². The molecule has 0 radical (unpaired) electrons. The van der Waals surface area contributed by atoms with E-state index in [4.69, 9.17) is 4.74 Å². The molecule has 0 spiro atoms. The van der Waals surface area contributed by atoms with Crippen molar-refractivity contribution in [2.75, 3.05) is 57.4 Å². The number of aromatic nitrogens is 2. The molecule has 0 aliphatic carbocycles. The Morgan fingerprint density at radius 2 is 1.75 bits per heavy atom. The summed E-state index contributed by atoms with van der Waals surface area (Å²) in [5.74, 6) is 0.860. The molecule has 24 heavy (non-hydrogen) atoms. The number of nitrogens with one attached hydrogen (secondary N) is 1. The van der Waals surface area contributed by atoms with Crippen LogP contribution in [-0.4, -0.2) is 73.4 Å². The second-order valence-corrected chi connectivity index (χ2v) is 6.82. The van der Waals surface area contributed by atoms with E-state index in [1.54, 1.807) is 0 Å². The molecular formula is C18H33N5O. The zero-order valence-electron chi connectivity index (χ0n) is 15.5. The first-order valence-electron chi connectivity index (χ1n) is 9.22. The summed E-state index contributed by atoms with van der Waals surface area (Å²) in [6.45, 7) is 14.4. The highest BCUT2D eigenvalue weighted by atomic mass is 16.5. The van der Waals surface area contributed by atoms with Crippen molar-refractivity contribution in [1.29, 1.82) is 0 Å². The van der Waals surface area contributed by atoms with Gasteiger partial charge in [0.25, 0.3) is 0 Å². The molecule has 0 saturated carbocycles. The fourth-order valence-electron chi connectivity index (χ4n) is 2.78. The summed E-state index contributed by atoms with van der Waals surface area (Å²) >= 11 is 0. The quantitative estimate of drug-likeness (QED) is 0.657. The largest absolute Gasteiger partial charge is 0.381 e. The summed E-state index contributed by atoms with van der Waals surface area (Å²) in [7, 11) is 0. The topological polar surface area (TPSA) is 53.5 Å². The number of anilines is 1. The number of hydrogen-bond acceptors (Lipinski definition) is 6. The normalized spacial score (nSPS) is 16.1. The monoisotopic (exact) mass is 335 g/mol. The van der Waals surface area contributed by atoms with Gasteiger partial charge in [-0.15, -0.1) is 0 Å².